The van der Waals surface area contributed by atoms with Gasteiger partial charge in [0.15, 0.2) is 0 Å². The lowest BCUT2D eigenvalue weighted by Gasteiger charge is -2.07. The average molecular weight is 298 g/mol. The quantitative estimate of drug-likeness (QED) is 0.865. The van der Waals surface area contributed by atoms with E-state index in [4.69, 9.17) is 5.73 Å². The molecule has 8 heteroatoms. The van der Waals surface area contributed by atoms with Crippen molar-refractivity contribution in [2.24, 2.45) is 0 Å². The Morgan fingerprint density at radius 1 is 1.40 bits per heavy atom. The van der Waals surface area contributed by atoms with Crippen molar-refractivity contribution in [3.63, 3.8) is 0 Å². The monoisotopic (exact) mass is 298 g/mol. The lowest BCUT2D eigenvalue weighted by atomic mass is 10.2. The van der Waals surface area contributed by atoms with E-state index in [1.54, 1.807) is 13.0 Å². The number of nitrogens with zero attached hydrogens (tertiary/aromatic N) is 2. The van der Waals surface area contributed by atoms with Crippen molar-refractivity contribution in [2.45, 2.75) is 24.9 Å². The number of aromatic nitrogens is 2. The standard InChI is InChI=1S/C12H15FN4O2S/c1-2-17-12(14)11(8-15-17)20(18,19)16-7-9-5-3-4-6-10(9)13/h3-6,8,16H,2,7,14H2,1H3. The summed E-state index contributed by atoms with van der Waals surface area (Å²) < 4.78 is 41.3. The number of anilines is 1. The highest BCUT2D eigenvalue weighted by Crippen LogP contribution is 2.17. The van der Waals surface area contributed by atoms with Crippen LogP contribution in [0.5, 0.6) is 0 Å². The number of sulfonamides is 1. The Bertz CT molecular complexity index is 712. The largest absolute Gasteiger partial charge is 0.383 e. The second kappa shape index (κ2) is 5.59. The minimum atomic E-state index is -3.82. The summed E-state index contributed by atoms with van der Waals surface area (Å²) in [5.74, 6) is -0.402. The third-order valence-electron chi connectivity index (χ3n) is 2.84. The van der Waals surface area contributed by atoms with E-state index in [2.05, 4.69) is 9.82 Å². The summed E-state index contributed by atoms with van der Waals surface area (Å²) >= 11 is 0. The molecule has 0 unspecified atom stereocenters. The van der Waals surface area contributed by atoms with Gasteiger partial charge in [-0.15, -0.1) is 0 Å². The molecule has 1 aromatic heterocycles. The molecular weight excluding hydrogens is 283 g/mol. The minimum Gasteiger partial charge on any atom is -0.383 e. The smallest absolute Gasteiger partial charge is 0.246 e. The summed E-state index contributed by atoms with van der Waals surface area (Å²) in [5.41, 5.74) is 5.97. The number of halogens is 1. The van der Waals surface area contributed by atoms with Gasteiger partial charge in [0.25, 0.3) is 0 Å². The minimum absolute atomic E-state index is 0.0635. The van der Waals surface area contributed by atoms with Crippen LogP contribution < -0.4 is 10.5 Å². The first-order valence-electron chi connectivity index (χ1n) is 6.00. The second-order valence-corrected chi connectivity index (χ2v) is 5.86. The van der Waals surface area contributed by atoms with Gasteiger partial charge in [0.2, 0.25) is 10.0 Å². The first-order valence-corrected chi connectivity index (χ1v) is 7.48. The Labute approximate surface area is 116 Å². The number of nitrogen functional groups attached to an aromatic ring is 1. The number of hydrogen-bond acceptors (Lipinski definition) is 4. The highest BCUT2D eigenvalue weighted by Gasteiger charge is 2.21. The molecule has 0 aliphatic rings. The van der Waals surface area contributed by atoms with Gasteiger partial charge in [0.1, 0.15) is 16.5 Å². The van der Waals surface area contributed by atoms with E-state index in [0.29, 0.717) is 6.54 Å². The van der Waals surface area contributed by atoms with E-state index in [0.717, 1.165) is 0 Å². The van der Waals surface area contributed by atoms with Crippen molar-refractivity contribution in [3.8, 4) is 0 Å². The fraction of sp³-hybridized carbons (Fsp3) is 0.250. The van der Waals surface area contributed by atoms with Crippen LogP contribution in [0.2, 0.25) is 0 Å². The van der Waals surface area contributed by atoms with E-state index in [9.17, 15) is 12.8 Å². The van der Waals surface area contributed by atoms with Crippen molar-refractivity contribution in [1.82, 2.24) is 14.5 Å². The van der Waals surface area contributed by atoms with E-state index >= 15 is 0 Å². The molecule has 0 aliphatic carbocycles. The van der Waals surface area contributed by atoms with E-state index in [1.165, 1.54) is 29.1 Å². The van der Waals surface area contributed by atoms with Gasteiger partial charge >= 0.3 is 0 Å². The van der Waals surface area contributed by atoms with Gasteiger partial charge < -0.3 is 5.73 Å². The van der Waals surface area contributed by atoms with E-state index in [-0.39, 0.29) is 22.8 Å². The highest BCUT2D eigenvalue weighted by molar-refractivity contribution is 7.89. The Kier molecular flexibility index (Phi) is 4.05. The van der Waals surface area contributed by atoms with Crippen molar-refractivity contribution in [2.75, 3.05) is 5.73 Å². The van der Waals surface area contributed by atoms with Crippen molar-refractivity contribution < 1.29 is 12.8 Å². The molecule has 1 aromatic carbocycles. The lowest BCUT2D eigenvalue weighted by Crippen LogP contribution is -2.24. The molecule has 3 N–H and O–H groups in total. The Morgan fingerprint density at radius 2 is 2.10 bits per heavy atom. The molecule has 1 heterocycles. The Hall–Kier alpha value is -1.93. The van der Waals surface area contributed by atoms with Crippen LogP contribution in [-0.4, -0.2) is 18.2 Å². The molecule has 2 aromatic rings. The molecule has 0 spiro atoms. The maximum Gasteiger partial charge on any atom is 0.246 e. The maximum absolute atomic E-state index is 13.4. The highest BCUT2D eigenvalue weighted by atomic mass is 32.2. The summed E-state index contributed by atoms with van der Waals surface area (Å²) in [4.78, 5) is -0.101. The van der Waals surface area contributed by atoms with Gasteiger partial charge in [0, 0.05) is 18.7 Å². The third-order valence-corrected chi connectivity index (χ3v) is 4.26. The molecule has 0 saturated carbocycles. The van der Waals surface area contributed by atoms with Gasteiger partial charge in [-0.05, 0) is 13.0 Å². The van der Waals surface area contributed by atoms with Gasteiger partial charge in [-0.1, -0.05) is 18.2 Å². The number of benzene rings is 1. The number of nitrogens with one attached hydrogen (secondary N) is 1. The zero-order valence-corrected chi connectivity index (χ0v) is 11.7. The summed E-state index contributed by atoms with van der Waals surface area (Å²) in [6.07, 6.45) is 1.18. The number of hydrogen-bond donors (Lipinski definition) is 2. The first kappa shape index (κ1) is 14.5. The molecule has 0 fully saturated rings. The molecule has 20 heavy (non-hydrogen) atoms. The molecule has 0 aliphatic heterocycles. The molecule has 2 rings (SSSR count). The fourth-order valence-electron chi connectivity index (χ4n) is 1.73. The van der Waals surface area contributed by atoms with Gasteiger partial charge in [0.05, 0.1) is 6.20 Å². The third kappa shape index (κ3) is 2.81. The predicted octanol–water partition coefficient (Wildman–Crippen LogP) is 1.10. The van der Waals surface area contributed by atoms with Crippen LogP contribution in [0.1, 0.15) is 12.5 Å². The number of aryl methyl sites for hydroxylation is 1. The number of rotatable bonds is 5. The molecule has 0 radical (unpaired) electrons. The molecular formula is C12H15FN4O2S. The van der Waals surface area contributed by atoms with Crippen LogP contribution in [0.25, 0.3) is 0 Å². The summed E-state index contributed by atoms with van der Waals surface area (Å²) in [6, 6.07) is 5.95. The second-order valence-electron chi connectivity index (χ2n) is 4.13. The van der Waals surface area contributed by atoms with Crippen molar-refractivity contribution >= 4 is 15.8 Å². The zero-order valence-electron chi connectivity index (χ0n) is 10.9. The van der Waals surface area contributed by atoms with Gasteiger partial charge in [-0.3, -0.25) is 0 Å². The fourth-order valence-corrected chi connectivity index (χ4v) is 2.80. The Balaban J connectivity index is 2.20. The van der Waals surface area contributed by atoms with E-state index in [1.807, 2.05) is 0 Å². The van der Waals surface area contributed by atoms with Crippen LogP contribution in [-0.2, 0) is 23.1 Å². The van der Waals surface area contributed by atoms with Crippen LogP contribution >= 0.6 is 0 Å². The molecule has 6 nitrogen and oxygen atoms in total. The molecule has 0 amide bonds. The van der Waals surface area contributed by atoms with Crippen molar-refractivity contribution in [3.05, 3.63) is 41.8 Å². The average Bonchev–Trinajstić information content (AvgIpc) is 2.79. The topological polar surface area (TPSA) is 90.0 Å². The summed E-state index contributed by atoms with van der Waals surface area (Å²) in [6.45, 7) is 2.12. The van der Waals surface area contributed by atoms with Crippen LogP contribution in [0.4, 0.5) is 10.2 Å². The zero-order chi connectivity index (χ0) is 14.8. The van der Waals surface area contributed by atoms with Gasteiger partial charge in [-0.25, -0.2) is 22.2 Å². The maximum atomic E-state index is 13.4. The van der Waals surface area contributed by atoms with Crippen LogP contribution in [0, 0.1) is 5.82 Å². The van der Waals surface area contributed by atoms with Gasteiger partial charge in [-0.2, -0.15) is 5.10 Å². The SMILES string of the molecule is CCn1ncc(S(=O)(=O)NCc2ccccc2F)c1N. The Morgan fingerprint density at radius 3 is 2.70 bits per heavy atom. The normalized spacial score (nSPS) is 11.7. The molecule has 108 valence electrons. The van der Waals surface area contributed by atoms with Crippen LogP contribution in [0.15, 0.2) is 35.4 Å². The first-order chi connectivity index (χ1) is 9.45. The number of nitrogens with two attached hydrogens (primary N) is 1. The summed E-state index contributed by atoms with van der Waals surface area (Å²) in [7, 11) is -3.82. The van der Waals surface area contributed by atoms with E-state index < -0.39 is 15.8 Å². The van der Waals surface area contributed by atoms with Crippen LogP contribution in [0.3, 0.4) is 0 Å². The molecule has 0 atom stereocenters. The predicted molar refractivity (Wildman–Crippen MR) is 72.7 cm³/mol. The molecule has 0 saturated heterocycles. The summed E-state index contributed by atoms with van der Waals surface area (Å²) in [5, 5.41) is 3.87. The lowest BCUT2D eigenvalue weighted by molar-refractivity contribution is 0.574. The molecule has 0 bridgehead atoms. The van der Waals surface area contributed by atoms with Crippen molar-refractivity contribution in [1.29, 1.82) is 0 Å².